The second kappa shape index (κ2) is 6.89. The minimum Gasteiger partial charge on any atom is -0.480 e. The van der Waals surface area contributed by atoms with Crippen LogP contribution in [0.1, 0.15) is 21.5 Å². The summed E-state index contributed by atoms with van der Waals surface area (Å²) in [6, 6.07) is 5.56. The highest BCUT2D eigenvalue weighted by Gasteiger charge is 2.19. The van der Waals surface area contributed by atoms with Gasteiger partial charge in [0, 0.05) is 19.2 Å². The number of amides is 1. The van der Waals surface area contributed by atoms with E-state index < -0.39 is 5.97 Å². The molecule has 0 aromatic heterocycles. The summed E-state index contributed by atoms with van der Waals surface area (Å²) in [5.74, 6) is -1.31. The van der Waals surface area contributed by atoms with E-state index in [-0.39, 0.29) is 19.0 Å². The van der Waals surface area contributed by atoms with Gasteiger partial charge in [0.2, 0.25) is 0 Å². The number of carboxylic acid groups (broad SMARTS) is 1. The normalized spacial score (nSPS) is 10.3. The Balaban J connectivity index is 2.97. The largest absolute Gasteiger partial charge is 0.480 e. The fourth-order valence-corrected chi connectivity index (χ4v) is 1.75. The number of aliphatic carboxylic acids is 1. The molecule has 104 valence electrons. The molecule has 0 heterocycles. The van der Waals surface area contributed by atoms with Gasteiger partial charge in [-0.05, 0) is 25.5 Å². The van der Waals surface area contributed by atoms with Gasteiger partial charge in [-0.2, -0.15) is 0 Å². The van der Waals surface area contributed by atoms with Gasteiger partial charge in [0.25, 0.3) is 5.91 Å². The zero-order chi connectivity index (χ0) is 14.4. The summed E-state index contributed by atoms with van der Waals surface area (Å²) < 4.78 is 4.91. The topological polar surface area (TPSA) is 66.8 Å². The molecule has 5 nitrogen and oxygen atoms in total. The molecule has 1 amide bonds. The number of methoxy groups -OCH3 is 1. The highest BCUT2D eigenvalue weighted by molar-refractivity contribution is 5.97. The zero-order valence-corrected chi connectivity index (χ0v) is 11.5. The van der Waals surface area contributed by atoms with Crippen LogP contribution in [-0.2, 0) is 9.53 Å². The fraction of sp³-hybridized carbons (Fsp3) is 0.429. The minimum atomic E-state index is -1.03. The molecule has 1 N–H and O–H groups in total. The predicted octanol–water partition coefficient (Wildman–Crippen LogP) is 1.48. The Hall–Kier alpha value is -1.88. The van der Waals surface area contributed by atoms with E-state index in [1.165, 1.54) is 12.0 Å². The van der Waals surface area contributed by atoms with Crippen LogP contribution in [-0.4, -0.2) is 48.7 Å². The monoisotopic (exact) mass is 265 g/mol. The van der Waals surface area contributed by atoms with Crippen molar-refractivity contribution in [3.8, 4) is 0 Å². The Morgan fingerprint density at radius 1 is 1.32 bits per heavy atom. The van der Waals surface area contributed by atoms with Gasteiger partial charge in [-0.15, -0.1) is 0 Å². The highest BCUT2D eigenvalue weighted by atomic mass is 16.5. The number of ether oxygens (including phenoxy) is 1. The van der Waals surface area contributed by atoms with Crippen molar-refractivity contribution in [2.75, 3.05) is 26.8 Å². The van der Waals surface area contributed by atoms with Crippen LogP contribution in [0.15, 0.2) is 18.2 Å². The van der Waals surface area contributed by atoms with Gasteiger partial charge in [0.05, 0.1) is 6.61 Å². The summed E-state index contributed by atoms with van der Waals surface area (Å²) in [6.07, 6.45) is 0. The van der Waals surface area contributed by atoms with Crippen LogP contribution >= 0.6 is 0 Å². The van der Waals surface area contributed by atoms with Crippen molar-refractivity contribution in [3.05, 3.63) is 34.9 Å². The van der Waals surface area contributed by atoms with Crippen molar-refractivity contribution in [1.82, 2.24) is 4.90 Å². The zero-order valence-electron chi connectivity index (χ0n) is 11.5. The molecule has 1 aromatic rings. The smallest absolute Gasteiger partial charge is 0.323 e. The molecule has 0 saturated carbocycles. The second-order valence-electron chi connectivity index (χ2n) is 4.43. The van der Waals surface area contributed by atoms with Gasteiger partial charge in [-0.3, -0.25) is 9.59 Å². The average molecular weight is 265 g/mol. The number of carbonyl (C=O) groups is 2. The van der Waals surface area contributed by atoms with Crippen LogP contribution in [0, 0.1) is 13.8 Å². The SMILES string of the molecule is COCCN(CC(=O)O)C(=O)c1cc(C)ccc1C. The molecule has 19 heavy (non-hydrogen) atoms. The third-order valence-electron chi connectivity index (χ3n) is 2.80. The van der Waals surface area contributed by atoms with Crippen molar-refractivity contribution in [2.24, 2.45) is 0 Å². The number of aryl methyl sites for hydroxylation is 2. The highest BCUT2D eigenvalue weighted by Crippen LogP contribution is 2.13. The third kappa shape index (κ3) is 4.37. The lowest BCUT2D eigenvalue weighted by Gasteiger charge is -2.21. The van der Waals surface area contributed by atoms with Crippen molar-refractivity contribution in [3.63, 3.8) is 0 Å². The first kappa shape index (κ1) is 15.2. The second-order valence-corrected chi connectivity index (χ2v) is 4.43. The van der Waals surface area contributed by atoms with Crippen LogP contribution in [0.2, 0.25) is 0 Å². The Morgan fingerprint density at radius 2 is 2.00 bits per heavy atom. The number of nitrogens with zero attached hydrogens (tertiary/aromatic N) is 1. The van der Waals surface area contributed by atoms with Gasteiger partial charge in [-0.25, -0.2) is 0 Å². The van der Waals surface area contributed by atoms with E-state index in [2.05, 4.69) is 0 Å². The van der Waals surface area contributed by atoms with E-state index in [9.17, 15) is 9.59 Å². The maximum Gasteiger partial charge on any atom is 0.323 e. The van der Waals surface area contributed by atoms with Crippen LogP contribution in [0.5, 0.6) is 0 Å². The number of carboxylic acids is 1. The van der Waals surface area contributed by atoms with E-state index in [0.717, 1.165) is 11.1 Å². The van der Waals surface area contributed by atoms with E-state index in [1.54, 1.807) is 6.07 Å². The lowest BCUT2D eigenvalue weighted by atomic mass is 10.0. The molecular weight excluding hydrogens is 246 g/mol. The third-order valence-corrected chi connectivity index (χ3v) is 2.80. The maximum atomic E-state index is 12.4. The molecule has 0 aliphatic rings. The van der Waals surface area contributed by atoms with Crippen molar-refractivity contribution >= 4 is 11.9 Å². The summed E-state index contributed by atoms with van der Waals surface area (Å²) in [7, 11) is 1.52. The molecular formula is C14H19NO4. The number of rotatable bonds is 6. The molecule has 0 radical (unpaired) electrons. The lowest BCUT2D eigenvalue weighted by molar-refractivity contribution is -0.137. The summed E-state index contributed by atoms with van der Waals surface area (Å²) in [6.45, 7) is 3.98. The standard InChI is InChI=1S/C14H19NO4/c1-10-4-5-11(2)12(8-10)14(18)15(6-7-19-3)9-13(16)17/h4-5,8H,6-7,9H2,1-3H3,(H,16,17). The van der Waals surface area contributed by atoms with Gasteiger partial charge in [0.1, 0.15) is 6.54 Å². The first-order valence-corrected chi connectivity index (χ1v) is 6.03. The summed E-state index contributed by atoms with van der Waals surface area (Å²) in [5, 5.41) is 8.87. The molecule has 1 aromatic carbocycles. The van der Waals surface area contributed by atoms with E-state index in [1.807, 2.05) is 26.0 Å². The molecule has 0 unspecified atom stereocenters. The molecule has 0 fully saturated rings. The Morgan fingerprint density at radius 3 is 2.58 bits per heavy atom. The molecule has 0 saturated heterocycles. The molecule has 0 aliphatic carbocycles. The van der Waals surface area contributed by atoms with Crippen molar-refractivity contribution in [1.29, 1.82) is 0 Å². The first-order valence-electron chi connectivity index (χ1n) is 6.03. The molecule has 5 heteroatoms. The molecule has 1 rings (SSSR count). The van der Waals surface area contributed by atoms with Crippen molar-refractivity contribution < 1.29 is 19.4 Å². The van der Waals surface area contributed by atoms with Crippen LogP contribution in [0.3, 0.4) is 0 Å². The number of hydrogen-bond acceptors (Lipinski definition) is 3. The maximum absolute atomic E-state index is 12.4. The fourth-order valence-electron chi connectivity index (χ4n) is 1.75. The van der Waals surface area contributed by atoms with Gasteiger partial charge in [0.15, 0.2) is 0 Å². The summed E-state index contributed by atoms with van der Waals surface area (Å²) >= 11 is 0. The van der Waals surface area contributed by atoms with E-state index in [0.29, 0.717) is 12.2 Å². The summed E-state index contributed by atoms with van der Waals surface area (Å²) in [4.78, 5) is 24.5. The van der Waals surface area contributed by atoms with Crippen LogP contribution < -0.4 is 0 Å². The quantitative estimate of drug-likeness (QED) is 0.846. The minimum absolute atomic E-state index is 0.259. The van der Waals surface area contributed by atoms with Crippen molar-refractivity contribution in [2.45, 2.75) is 13.8 Å². The lowest BCUT2D eigenvalue weighted by Crippen LogP contribution is -2.38. The average Bonchev–Trinajstić information content (AvgIpc) is 2.36. The number of carbonyl (C=O) groups excluding carboxylic acids is 1. The van der Waals surface area contributed by atoms with E-state index >= 15 is 0 Å². The molecule has 0 spiro atoms. The number of benzene rings is 1. The van der Waals surface area contributed by atoms with Gasteiger partial charge in [-0.1, -0.05) is 17.7 Å². The van der Waals surface area contributed by atoms with Crippen LogP contribution in [0.4, 0.5) is 0 Å². The first-order chi connectivity index (χ1) is 8.95. The van der Waals surface area contributed by atoms with Gasteiger partial charge < -0.3 is 14.7 Å². The number of hydrogen-bond donors (Lipinski definition) is 1. The molecule has 0 atom stereocenters. The Bertz CT molecular complexity index is 471. The van der Waals surface area contributed by atoms with Gasteiger partial charge >= 0.3 is 5.97 Å². The Labute approximate surface area is 112 Å². The predicted molar refractivity (Wildman–Crippen MR) is 71.3 cm³/mol. The molecule has 0 aliphatic heterocycles. The van der Waals surface area contributed by atoms with E-state index in [4.69, 9.17) is 9.84 Å². The molecule has 0 bridgehead atoms. The Kier molecular flexibility index (Phi) is 5.51. The van der Waals surface area contributed by atoms with Crippen LogP contribution in [0.25, 0.3) is 0 Å². The summed E-state index contributed by atoms with van der Waals surface area (Å²) in [5.41, 5.74) is 2.34.